The normalized spacial score (nSPS) is 38.1. The number of carbonyl (C=O) groups is 1. The summed E-state index contributed by atoms with van der Waals surface area (Å²) in [6.45, 7) is 0.802. The summed E-state index contributed by atoms with van der Waals surface area (Å²) in [6.07, 6.45) is 5.80. The van der Waals surface area contributed by atoms with E-state index >= 15 is 0 Å². The van der Waals surface area contributed by atoms with Crippen LogP contribution in [0.2, 0.25) is 0 Å². The van der Waals surface area contributed by atoms with E-state index in [1.54, 1.807) is 0 Å². The van der Waals surface area contributed by atoms with Crippen molar-refractivity contribution in [1.29, 1.82) is 0 Å². The van der Waals surface area contributed by atoms with E-state index in [9.17, 15) is 9.90 Å². The maximum Gasteiger partial charge on any atom is 0.236 e. The van der Waals surface area contributed by atoms with Gasteiger partial charge in [0.05, 0.1) is 17.0 Å². The largest absolute Gasteiger partial charge is 0.391 e. The van der Waals surface area contributed by atoms with Crippen LogP contribution < -0.4 is 0 Å². The summed E-state index contributed by atoms with van der Waals surface area (Å²) in [7, 11) is 0. The van der Waals surface area contributed by atoms with Gasteiger partial charge >= 0.3 is 0 Å². The number of nitrogens with zero attached hydrogens (tertiary/aromatic N) is 1. The quantitative estimate of drug-likeness (QED) is 0.584. The standard InChI is InChI=1S/C11H18BrNO2/c12-8-6-7-13(11(8)15)9-4-2-1-3-5-10(9)14/h8-10,14H,1-7H2. The van der Waals surface area contributed by atoms with Gasteiger partial charge in [0.2, 0.25) is 5.91 Å². The maximum absolute atomic E-state index is 11.8. The van der Waals surface area contributed by atoms with Crippen LogP contribution in [0.1, 0.15) is 38.5 Å². The number of likely N-dealkylation sites (tertiary alicyclic amines) is 1. The summed E-state index contributed by atoms with van der Waals surface area (Å²) in [6, 6.07) is 0.0718. The topological polar surface area (TPSA) is 40.5 Å². The molecule has 0 aromatic carbocycles. The summed E-state index contributed by atoms with van der Waals surface area (Å²) >= 11 is 3.38. The predicted molar refractivity (Wildman–Crippen MR) is 61.9 cm³/mol. The molecule has 3 nitrogen and oxygen atoms in total. The molecule has 0 bridgehead atoms. The Balaban J connectivity index is 2.04. The van der Waals surface area contributed by atoms with Crippen molar-refractivity contribution < 1.29 is 9.90 Å². The van der Waals surface area contributed by atoms with Crippen LogP contribution in [0.3, 0.4) is 0 Å². The molecule has 1 N–H and O–H groups in total. The van der Waals surface area contributed by atoms with Crippen molar-refractivity contribution in [3.05, 3.63) is 0 Å². The lowest BCUT2D eigenvalue weighted by molar-refractivity contribution is -0.131. The molecule has 2 aliphatic rings. The van der Waals surface area contributed by atoms with Crippen molar-refractivity contribution in [3.63, 3.8) is 0 Å². The Bertz CT molecular complexity index is 247. The van der Waals surface area contributed by atoms with Crippen LogP contribution in [0.5, 0.6) is 0 Å². The number of hydrogen-bond acceptors (Lipinski definition) is 2. The highest BCUT2D eigenvalue weighted by Gasteiger charge is 2.37. The van der Waals surface area contributed by atoms with Crippen LogP contribution in [0.25, 0.3) is 0 Å². The highest BCUT2D eigenvalue weighted by Crippen LogP contribution is 2.28. The first kappa shape index (κ1) is 11.4. The van der Waals surface area contributed by atoms with E-state index in [-0.39, 0.29) is 22.9 Å². The van der Waals surface area contributed by atoms with Gasteiger partial charge in [-0.2, -0.15) is 0 Å². The maximum atomic E-state index is 11.8. The van der Waals surface area contributed by atoms with Gasteiger partial charge < -0.3 is 10.0 Å². The zero-order chi connectivity index (χ0) is 10.8. The average Bonchev–Trinajstić information content (AvgIpc) is 2.43. The molecular weight excluding hydrogens is 258 g/mol. The van der Waals surface area contributed by atoms with Crippen LogP contribution >= 0.6 is 15.9 Å². The van der Waals surface area contributed by atoms with Crippen molar-refractivity contribution >= 4 is 21.8 Å². The van der Waals surface area contributed by atoms with Gasteiger partial charge in [0, 0.05) is 6.54 Å². The smallest absolute Gasteiger partial charge is 0.236 e. The number of rotatable bonds is 1. The number of amides is 1. The lowest BCUT2D eigenvalue weighted by Crippen LogP contribution is -2.44. The highest BCUT2D eigenvalue weighted by molar-refractivity contribution is 9.10. The molecule has 0 aromatic rings. The molecule has 3 atom stereocenters. The second-order valence-corrected chi connectivity index (χ2v) is 5.67. The zero-order valence-electron chi connectivity index (χ0n) is 8.86. The number of aliphatic hydroxyl groups is 1. The fourth-order valence-corrected chi connectivity index (χ4v) is 3.10. The summed E-state index contributed by atoms with van der Waals surface area (Å²) in [5.41, 5.74) is 0. The van der Waals surface area contributed by atoms with Gasteiger partial charge in [0.15, 0.2) is 0 Å². The third-order valence-electron chi connectivity index (χ3n) is 3.52. The van der Waals surface area contributed by atoms with Gasteiger partial charge in [-0.15, -0.1) is 0 Å². The van der Waals surface area contributed by atoms with Crippen LogP contribution in [-0.2, 0) is 4.79 Å². The first-order valence-electron chi connectivity index (χ1n) is 5.83. The van der Waals surface area contributed by atoms with Gasteiger partial charge in [-0.25, -0.2) is 0 Å². The van der Waals surface area contributed by atoms with E-state index in [4.69, 9.17) is 0 Å². The molecular formula is C11H18BrNO2. The van der Waals surface area contributed by atoms with Gasteiger partial charge in [0.25, 0.3) is 0 Å². The van der Waals surface area contributed by atoms with E-state index in [1.165, 1.54) is 6.42 Å². The molecule has 86 valence electrons. The first-order chi connectivity index (χ1) is 7.20. The van der Waals surface area contributed by atoms with Gasteiger partial charge in [-0.3, -0.25) is 4.79 Å². The second kappa shape index (κ2) is 4.83. The molecule has 3 unspecified atom stereocenters. The molecule has 0 radical (unpaired) electrons. The molecule has 1 saturated carbocycles. The van der Waals surface area contributed by atoms with Gasteiger partial charge in [-0.05, 0) is 19.3 Å². The van der Waals surface area contributed by atoms with Crippen molar-refractivity contribution in [3.8, 4) is 0 Å². The third kappa shape index (κ3) is 2.36. The lowest BCUT2D eigenvalue weighted by Gasteiger charge is -2.30. The Morgan fingerprint density at radius 1 is 1.20 bits per heavy atom. The molecule has 1 aliphatic carbocycles. The van der Waals surface area contributed by atoms with Gasteiger partial charge in [0.1, 0.15) is 0 Å². The van der Waals surface area contributed by atoms with Crippen LogP contribution in [0.4, 0.5) is 0 Å². The molecule has 0 spiro atoms. The second-order valence-electron chi connectivity index (χ2n) is 4.56. The van der Waals surface area contributed by atoms with Crippen LogP contribution in [0.15, 0.2) is 0 Å². The fourth-order valence-electron chi connectivity index (χ4n) is 2.63. The van der Waals surface area contributed by atoms with E-state index in [1.807, 2.05) is 4.90 Å². The molecule has 1 aliphatic heterocycles. The summed E-state index contributed by atoms with van der Waals surface area (Å²) < 4.78 is 0. The molecule has 2 rings (SSSR count). The molecule has 2 fully saturated rings. The predicted octanol–water partition coefficient (Wildman–Crippen LogP) is 1.68. The minimum atomic E-state index is -0.311. The van der Waals surface area contributed by atoms with Crippen LogP contribution in [0, 0.1) is 0 Å². The fraction of sp³-hybridized carbons (Fsp3) is 0.909. The molecule has 15 heavy (non-hydrogen) atoms. The Hall–Kier alpha value is -0.0900. The highest BCUT2D eigenvalue weighted by atomic mass is 79.9. The molecule has 1 saturated heterocycles. The monoisotopic (exact) mass is 275 g/mol. The summed E-state index contributed by atoms with van der Waals surface area (Å²) in [4.78, 5) is 13.7. The number of hydrogen-bond donors (Lipinski definition) is 1. The van der Waals surface area contributed by atoms with E-state index < -0.39 is 0 Å². The Kier molecular flexibility index (Phi) is 3.67. The van der Waals surface area contributed by atoms with E-state index in [0.717, 1.165) is 38.6 Å². The first-order valence-corrected chi connectivity index (χ1v) is 6.74. The van der Waals surface area contributed by atoms with E-state index in [2.05, 4.69) is 15.9 Å². The number of aliphatic hydroxyl groups excluding tert-OH is 1. The molecule has 1 heterocycles. The van der Waals surface area contributed by atoms with Crippen molar-refractivity contribution in [1.82, 2.24) is 4.90 Å². The molecule has 1 amide bonds. The van der Waals surface area contributed by atoms with E-state index in [0.29, 0.717) is 0 Å². The van der Waals surface area contributed by atoms with Crippen molar-refractivity contribution in [2.45, 2.75) is 55.5 Å². The average molecular weight is 276 g/mol. The molecule has 0 aromatic heterocycles. The summed E-state index contributed by atoms with van der Waals surface area (Å²) in [5.74, 6) is 0.168. The van der Waals surface area contributed by atoms with Crippen LogP contribution in [-0.4, -0.2) is 39.4 Å². The number of carbonyl (C=O) groups excluding carboxylic acids is 1. The Morgan fingerprint density at radius 2 is 1.93 bits per heavy atom. The SMILES string of the molecule is O=C1C(Br)CCN1C1CCCCCC1O. The minimum Gasteiger partial charge on any atom is -0.391 e. The summed E-state index contributed by atoms with van der Waals surface area (Å²) in [5, 5.41) is 10.0. The van der Waals surface area contributed by atoms with Crippen molar-refractivity contribution in [2.75, 3.05) is 6.54 Å². The Morgan fingerprint density at radius 3 is 2.60 bits per heavy atom. The third-order valence-corrected chi connectivity index (χ3v) is 4.37. The minimum absolute atomic E-state index is 0.0204. The number of halogens is 1. The lowest BCUT2D eigenvalue weighted by atomic mass is 10.0. The number of alkyl halides is 1. The zero-order valence-corrected chi connectivity index (χ0v) is 10.4. The van der Waals surface area contributed by atoms with Gasteiger partial charge in [-0.1, -0.05) is 35.2 Å². The Labute approximate surface area is 99.0 Å². The molecule has 4 heteroatoms. The van der Waals surface area contributed by atoms with Crippen molar-refractivity contribution in [2.24, 2.45) is 0 Å².